The largest absolute Gasteiger partial charge is 0.330 e. The molecule has 0 aliphatic rings. The summed E-state index contributed by atoms with van der Waals surface area (Å²) in [5.41, 5.74) is 6.60. The summed E-state index contributed by atoms with van der Waals surface area (Å²) in [6.45, 7) is 2.87. The van der Waals surface area contributed by atoms with Crippen LogP contribution in [0.15, 0.2) is 24.3 Å². The van der Waals surface area contributed by atoms with E-state index in [0.717, 1.165) is 18.4 Å². The fourth-order valence-electron chi connectivity index (χ4n) is 1.75. The number of Topliss-reactive ketones (excluding diaryl/α,β-unsaturated/α-hetero) is 1. The number of benzene rings is 1. The van der Waals surface area contributed by atoms with Gasteiger partial charge in [-0.1, -0.05) is 19.1 Å². The molecule has 2 N–H and O–H groups in total. The molecule has 3 heteroatoms. The van der Waals surface area contributed by atoms with Crippen LogP contribution in [0.5, 0.6) is 0 Å². The lowest BCUT2D eigenvalue weighted by atomic mass is 9.98. The molecular weight excluding hydrogens is 325 g/mol. The van der Waals surface area contributed by atoms with Gasteiger partial charge < -0.3 is 5.73 Å². The summed E-state index contributed by atoms with van der Waals surface area (Å²) in [4.78, 5) is 11.8. The number of nitrogens with two attached hydrogens (primary N) is 1. The average molecular weight is 345 g/mol. The number of hydrogen-bond donors (Lipinski definition) is 1. The van der Waals surface area contributed by atoms with Crippen molar-refractivity contribution in [1.82, 2.24) is 0 Å². The van der Waals surface area contributed by atoms with Gasteiger partial charge in [0.2, 0.25) is 0 Å². The minimum Gasteiger partial charge on any atom is -0.330 e. The first-order valence-electron chi connectivity index (χ1n) is 6.08. The molecule has 2 nitrogen and oxygen atoms in total. The van der Waals surface area contributed by atoms with Gasteiger partial charge in [-0.2, -0.15) is 0 Å². The molecule has 0 saturated carbocycles. The monoisotopic (exact) mass is 345 g/mol. The summed E-state index contributed by atoms with van der Waals surface area (Å²) in [5, 5.41) is 0. The van der Waals surface area contributed by atoms with E-state index in [1.807, 2.05) is 24.3 Å². The first-order chi connectivity index (χ1) is 8.11. The van der Waals surface area contributed by atoms with Crippen molar-refractivity contribution >= 4 is 28.4 Å². The lowest BCUT2D eigenvalue weighted by Gasteiger charge is -2.08. The van der Waals surface area contributed by atoms with Crippen LogP contribution >= 0.6 is 22.6 Å². The number of carbonyl (C=O) groups is 1. The maximum atomic E-state index is 11.8. The quantitative estimate of drug-likeness (QED) is 0.772. The van der Waals surface area contributed by atoms with Crippen LogP contribution in [0.3, 0.4) is 0 Å². The highest BCUT2D eigenvalue weighted by molar-refractivity contribution is 14.1. The first kappa shape index (κ1) is 14.6. The Morgan fingerprint density at radius 1 is 1.29 bits per heavy atom. The SMILES string of the molecule is CC(CCN)CCC(=O)Cc1ccc(I)cc1. The lowest BCUT2D eigenvalue weighted by molar-refractivity contribution is -0.118. The second kappa shape index (κ2) is 7.82. The second-order valence-corrected chi connectivity index (χ2v) is 5.81. The van der Waals surface area contributed by atoms with E-state index in [4.69, 9.17) is 5.73 Å². The van der Waals surface area contributed by atoms with Gasteiger partial charge in [0.15, 0.2) is 0 Å². The van der Waals surface area contributed by atoms with Gasteiger partial charge in [0.05, 0.1) is 0 Å². The number of rotatable bonds is 7. The molecule has 1 aromatic rings. The van der Waals surface area contributed by atoms with Crippen LogP contribution in [0, 0.1) is 9.49 Å². The lowest BCUT2D eigenvalue weighted by Crippen LogP contribution is -2.09. The molecule has 0 radical (unpaired) electrons. The van der Waals surface area contributed by atoms with Crippen molar-refractivity contribution in [3.63, 3.8) is 0 Å². The minimum absolute atomic E-state index is 0.329. The van der Waals surface area contributed by atoms with E-state index in [-0.39, 0.29) is 0 Å². The molecule has 0 aliphatic carbocycles. The van der Waals surface area contributed by atoms with Gasteiger partial charge in [-0.25, -0.2) is 0 Å². The predicted octanol–water partition coefficient (Wildman–Crippen LogP) is 3.17. The van der Waals surface area contributed by atoms with Gasteiger partial charge in [0.25, 0.3) is 0 Å². The van der Waals surface area contributed by atoms with Gasteiger partial charge in [0, 0.05) is 16.4 Å². The van der Waals surface area contributed by atoms with E-state index in [1.165, 1.54) is 3.57 Å². The molecule has 1 atom stereocenters. The Labute approximate surface area is 117 Å². The molecule has 0 bridgehead atoms. The number of carbonyl (C=O) groups excluding carboxylic acids is 1. The molecule has 1 unspecified atom stereocenters. The molecule has 0 spiro atoms. The Morgan fingerprint density at radius 3 is 2.53 bits per heavy atom. The highest BCUT2D eigenvalue weighted by Gasteiger charge is 2.07. The molecule has 0 fully saturated rings. The third-order valence-corrected chi connectivity index (χ3v) is 3.61. The predicted molar refractivity (Wildman–Crippen MR) is 79.9 cm³/mol. The van der Waals surface area contributed by atoms with Crippen LogP contribution in [-0.4, -0.2) is 12.3 Å². The molecule has 0 saturated heterocycles. The fraction of sp³-hybridized carbons (Fsp3) is 0.500. The van der Waals surface area contributed by atoms with E-state index in [9.17, 15) is 4.79 Å². The van der Waals surface area contributed by atoms with Gasteiger partial charge in [0.1, 0.15) is 5.78 Å². The van der Waals surface area contributed by atoms with Crippen LogP contribution in [0.2, 0.25) is 0 Å². The summed E-state index contributed by atoms with van der Waals surface area (Å²) in [7, 11) is 0. The van der Waals surface area contributed by atoms with Crippen LogP contribution in [0.25, 0.3) is 0 Å². The zero-order valence-corrected chi connectivity index (χ0v) is 12.4. The van der Waals surface area contributed by atoms with Crippen molar-refractivity contribution in [3.05, 3.63) is 33.4 Å². The molecule has 0 aromatic heterocycles. The van der Waals surface area contributed by atoms with Crippen molar-refractivity contribution in [3.8, 4) is 0 Å². The number of halogens is 1. The smallest absolute Gasteiger partial charge is 0.137 e. The zero-order chi connectivity index (χ0) is 12.7. The average Bonchev–Trinajstić information content (AvgIpc) is 2.30. The van der Waals surface area contributed by atoms with Gasteiger partial charge in [-0.15, -0.1) is 0 Å². The minimum atomic E-state index is 0.329. The fourth-order valence-corrected chi connectivity index (χ4v) is 2.11. The Bertz CT molecular complexity index is 348. The summed E-state index contributed by atoms with van der Waals surface area (Å²) >= 11 is 2.27. The Hall–Kier alpha value is -0.420. The normalized spacial score (nSPS) is 12.4. The summed E-state index contributed by atoms with van der Waals surface area (Å²) in [6, 6.07) is 8.15. The van der Waals surface area contributed by atoms with E-state index >= 15 is 0 Å². The van der Waals surface area contributed by atoms with Gasteiger partial charge >= 0.3 is 0 Å². The van der Waals surface area contributed by atoms with E-state index < -0.39 is 0 Å². The standard InChI is InChI=1S/C14H20INO/c1-11(8-9-16)2-7-14(17)10-12-3-5-13(15)6-4-12/h3-6,11H,2,7-10,16H2,1H3. The third kappa shape index (κ3) is 6.17. The Balaban J connectivity index is 2.32. The van der Waals surface area contributed by atoms with Crippen molar-refractivity contribution in [2.75, 3.05) is 6.54 Å². The molecular formula is C14H20INO. The molecule has 1 rings (SSSR count). The third-order valence-electron chi connectivity index (χ3n) is 2.89. The summed E-state index contributed by atoms with van der Waals surface area (Å²) in [5.74, 6) is 0.885. The molecule has 94 valence electrons. The molecule has 17 heavy (non-hydrogen) atoms. The maximum absolute atomic E-state index is 11.8. The highest BCUT2D eigenvalue weighted by Crippen LogP contribution is 2.12. The summed E-state index contributed by atoms with van der Waals surface area (Å²) in [6.07, 6.45) is 3.20. The van der Waals surface area contributed by atoms with Crippen molar-refractivity contribution in [1.29, 1.82) is 0 Å². The molecule has 1 aromatic carbocycles. The van der Waals surface area contributed by atoms with E-state index in [0.29, 0.717) is 31.1 Å². The van der Waals surface area contributed by atoms with Crippen LogP contribution < -0.4 is 5.73 Å². The molecule has 0 aliphatic heterocycles. The highest BCUT2D eigenvalue weighted by atomic mass is 127. The van der Waals surface area contributed by atoms with E-state index in [2.05, 4.69) is 29.5 Å². The number of hydrogen-bond acceptors (Lipinski definition) is 2. The zero-order valence-electron chi connectivity index (χ0n) is 10.3. The first-order valence-corrected chi connectivity index (χ1v) is 7.16. The topological polar surface area (TPSA) is 43.1 Å². The van der Waals surface area contributed by atoms with Crippen molar-refractivity contribution in [2.24, 2.45) is 11.7 Å². The Morgan fingerprint density at radius 2 is 1.94 bits per heavy atom. The van der Waals surface area contributed by atoms with Gasteiger partial charge in [-0.3, -0.25) is 4.79 Å². The summed E-state index contributed by atoms with van der Waals surface area (Å²) < 4.78 is 1.20. The van der Waals surface area contributed by atoms with E-state index in [1.54, 1.807) is 0 Å². The van der Waals surface area contributed by atoms with Crippen LogP contribution in [0.1, 0.15) is 31.7 Å². The van der Waals surface area contributed by atoms with Crippen LogP contribution in [-0.2, 0) is 11.2 Å². The van der Waals surface area contributed by atoms with Crippen LogP contribution in [0.4, 0.5) is 0 Å². The van der Waals surface area contributed by atoms with Crippen molar-refractivity contribution in [2.45, 2.75) is 32.6 Å². The van der Waals surface area contributed by atoms with Gasteiger partial charge in [-0.05, 0) is 65.6 Å². The molecule has 0 heterocycles. The maximum Gasteiger partial charge on any atom is 0.137 e. The Kier molecular flexibility index (Phi) is 6.73. The van der Waals surface area contributed by atoms with Crippen molar-refractivity contribution < 1.29 is 4.79 Å². The second-order valence-electron chi connectivity index (χ2n) is 4.56. The molecule has 0 amide bonds. The number of ketones is 1.